The molecule has 41 heavy (non-hydrogen) atoms. The summed E-state index contributed by atoms with van der Waals surface area (Å²) in [5.74, 6) is -1.39. The van der Waals surface area contributed by atoms with Crippen molar-refractivity contribution in [3.63, 3.8) is 0 Å². The van der Waals surface area contributed by atoms with Crippen LogP contribution in [0.15, 0.2) is 80.2 Å². The van der Waals surface area contributed by atoms with E-state index in [1.54, 1.807) is 38.4 Å². The number of nitriles is 1. The molecule has 0 saturated heterocycles. The average molecular weight is 577 g/mol. The number of pyridine rings is 1. The van der Waals surface area contributed by atoms with Crippen molar-refractivity contribution in [1.29, 1.82) is 5.26 Å². The SMILES string of the molecule is CCCCc1nc(=O)c(S(=O)(=O)c2ccc(-c3cccn(C)c3=O)cc2)c(O)n1[C@@H](CC)c1ccc(C#N)c(F)c1. The maximum atomic E-state index is 14.5. The van der Waals surface area contributed by atoms with Crippen LogP contribution in [0.4, 0.5) is 4.39 Å². The lowest BCUT2D eigenvalue weighted by atomic mass is 10.0. The predicted octanol–water partition coefficient (Wildman–Crippen LogP) is 4.50. The van der Waals surface area contributed by atoms with Gasteiger partial charge in [-0.15, -0.1) is 0 Å². The Kier molecular flexibility index (Phi) is 8.54. The molecule has 1 N–H and O–H groups in total. The zero-order valence-electron chi connectivity index (χ0n) is 22.8. The lowest BCUT2D eigenvalue weighted by molar-refractivity contribution is 0.358. The van der Waals surface area contributed by atoms with Gasteiger partial charge in [-0.3, -0.25) is 14.2 Å². The first-order valence-corrected chi connectivity index (χ1v) is 14.6. The van der Waals surface area contributed by atoms with Crippen molar-refractivity contribution in [2.24, 2.45) is 7.05 Å². The van der Waals surface area contributed by atoms with Gasteiger partial charge in [0.25, 0.3) is 11.1 Å². The van der Waals surface area contributed by atoms with Crippen LogP contribution in [0.1, 0.15) is 56.1 Å². The van der Waals surface area contributed by atoms with E-state index >= 15 is 0 Å². The number of nitrogens with zero attached hydrogens (tertiary/aromatic N) is 4. The van der Waals surface area contributed by atoms with Gasteiger partial charge in [0.1, 0.15) is 17.7 Å². The number of hydrogen-bond donors (Lipinski definition) is 1. The van der Waals surface area contributed by atoms with E-state index < -0.39 is 38.0 Å². The zero-order valence-corrected chi connectivity index (χ0v) is 23.7. The number of rotatable bonds is 9. The van der Waals surface area contributed by atoms with Crippen LogP contribution >= 0.6 is 0 Å². The van der Waals surface area contributed by atoms with Crippen molar-refractivity contribution >= 4 is 9.84 Å². The normalized spacial score (nSPS) is 12.2. The van der Waals surface area contributed by atoms with Crippen LogP contribution in [0.3, 0.4) is 0 Å². The number of sulfone groups is 1. The molecule has 1 atom stereocenters. The lowest BCUT2D eigenvalue weighted by Crippen LogP contribution is -2.27. The molecule has 2 heterocycles. The first-order chi connectivity index (χ1) is 19.5. The van der Waals surface area contributed by atoms with Gasteiger partial charge >= 0.3 is 0 Å². The Morgan fingerprint density at radius 1 is 1.10 bits per heavy atom. The third kappa shape index (κ3) is 5.56. The molecule has 0 aliphatic rings. The van der Waals surface area contributed by atoms with Gasteiger partial charge in [0, 0.05) is 25.2 Å². The minimum Gasteiger partial charge on any atom is -0.493 e. The summed E-state index contributed by atoms with van der Waals surface area (Å²) >= 11 is 0. The molecule has 0 bridgehead atoms. The van der Waals surface area contributed by atoms with Crippen LogP contribution in [0, 0.1) is 17.1 Å². The highest BCUT2D eigenvalue weighted by Crippen LogP contribution is 2.34. The molecule has 212 valence electrons. The number of hydrogen-bond acceptors (Lipinski definition) is 7. The van der Waals surface area contributed by atoms with Crippen LogP contribution < -0.4 is 11.1 Å². The number of benzene rings is 2. The molecular formula is C30H29FN4O5S. The highest BCUT2D eigenvalue weighted by Gasteiger charge is 2.32. The van der Waals surface area contributed by atoms with Crippen molar-refractivity contribution in [2.45, 2.75) is 55.4 Å². The Morgan fingerprint density at radius 2 is 1.80 bits per heavy atom. The Balaban J connectivity index is 1.88. The summed E-state index contributed by atoms with van der Waals surface area (Å²) < 4.78 is 44.7. The van der Waals surface area contributed by atoms with E-state index in [9.17, 15) is 27.5 Å². The van der Waals surface area contributed by atoms with E-state index in [-0.39, 0.29) is 28.3 Å². The van der Waals surface area contributed by atoms with Gasteiger partial charge in [-0.2, -0.15) is 10.2 Å². The van der Waals surface area contributed by atoms with E-state index in [4.69, 9.17) is 5.26 Å². The molecule has 0 unspecified atom stereocenters. The Morgan fingerprint density at radius 3 is 2.41 bits per heavy atom. The maximum absolute atomic E-state index is 14.5. The zero-order chi connectivity index (χ0) is 29.9. The lowest BCUT2D eigenvalue weighted by Gasteiger charge is -2.25. The highest BCUT2D eigenvalue weighted by atomic mass is 32.2. The molecule has 0 spiro atoms. The van der Waals surface area contributed by atoms with Crippen molar-refractivity contribution in [3.05, 3.63) is 104 Å². The van der Waals surface area contributed by atoms with Crippen LogP contribution in [0.5, 0.6) is 5.88 Å². The van der Waals surface area contributed by atoms with E-state index in [1.807, 2.05) is 6.92 Å². The molecule has 0 amide bonds. The van der Waals surface area contributed by atoms with Crippen LogP contribution in [0.25, 0.3) is 11.1 Å². The third-order valence-electron chi connectivity index (χ3n) is 6.95. The Bertz CT molecular complexity index is 1870. The Labute approximate surface area is 236 Å². The molecule has 0 saturated carbocycles. The highest BCUT2D eigenvalue weighted by molar-refractivity contribution is 7.91. The molecule has 0 fully saturated rings. The standard InChI is InChI=1S/C30H29FN4O5S/c1-4-6-9-26-33-28(36)27(30(38)35(26)25(5-2)20-10-11-21(18-32)24(31)17-20)41(39,40)22-14-12-19(13-15-22)23-8-7-16-34(3)29(23)37/h7-8,10-17,25,38H,4-6,9H2,1-3H3/t25-/m0/s1. The average Bonchev–Trinajstić information content (AvgIpc) is 2.95. The fourth-order valence-electron chi connectivity index (χ4n) is 4.77. The molecule has 4 aromatic rings. The minimum absolute atomic E-state index is 0.155. The second kappa shape index (κ2) is 11.9. The fourth-order valence-corrected chi connectivity index (χ4v) is 6.11. The van der Waals surface area contributed by atoms with Crippen molar-refractivity contribution in [2.75, 3.05) is 0 Å². The molecule has 0 aliphatic heterocycles. The first kappa shape index (κ1) is 29.4. The quantitative estimate of drug-likeness (QED) is 0.310. The molecule has 0 aliphatic carbocycles. The van der Waals surface area contributed by atoms with Gasteiger partial charge in [0.05, 0.1) is 16.5 Å². The smallest absolute Gasteiger partial charge is 0.296 e. The van der Waals surface area contributed by atoms with Gasteiger partial charge in [0.2, 0.25) is 15.7 Å². The van der Waals surface area contributed by atoms with E-state index in [2.05, 4.69) is 4.98 Å². The third-order valence-corrected chi connectivity index (χ3v) is 8.74. The van der Waals surface area contributed by atoms with Gasteiger partial charge in [0.15, 0.2) is 4.90 Å². The van der Waals surface area contributed by atoms with Gasteiger partial charge in [-0.25, -0.2) is 12.8 Å². The Hall–Kier alpha value is -4.56. The van der Waals surface area contributed by atoms with Crippen LogP contribution in [-0.2, 0) is 23.3 Å². The number of unbranched alkanes of at least 4 members (excludes halogenated alkanes) is 1. The summed E-state index contributed by atoms with van der Waals surface area (Å²) in [5, 5.41) is 20.5. The van der Waals surface area contributed by atoms with Crippen molar-refractivity contribution in [3.8, 4) is 23.1 Å². The number of aromatic nitrogens is 3. The van der Waals surface area contributed by atoms with E-state index in [0.29, 0.717) is 29.5 Å². The monoisotopic (exact) mass is 576 g/mol. The molecule has 0 radical (unpaired) electrons. The summed E-state index contributed by atoms with van der Waals surface area (Å²) in [6, 6.07) is 13.7. The predicted molar refractivity (Wildman–Crippen MR) is 151 cm³/mol. The first-order valence-electron chi connectivity index (χ1n) is 13.1. The van der Waals surface area contributed by atoms with E-state index in [1.165, 1.54) is 45.5 Å². The molecule has 9 nitrogen and oxygen atoms in total. The molecule has 2 aromatic heterocycles. The van der Waals surface area contributed by atoms with Crippen LogP contribution in [0.2, 0.25) is 0 Å². The summed E-state index contributed by atoms with van der Waals surface area (Å²) in [6.45, 7) is 3.70. The van der Waals surface area contributed by atoms with E-state index in [0.717, 1.165) is 12.5 Å². The van der Waals surface area contributed by atoms with Crippen molar-refractivity contribution < 1.29 is 17.9 Å². The summed E-state index contributed by atoms with van der Waals surface area (Å²) in [6.07, 6.45) is 3.52. The number of halogens is 1. The van der Waals surface area contributed by atoms with Crippen LogP contribution in [-0.4, -0.2) is 27.6 Å². The second-order valence-corrected chi connectivity index (χ2v) is 11.5. The second-order valence-electron chi connectivity index (χ2n) is 9.60. The topological polar surface area (TPSA) is 135 Å². The summed E-state index contributed by atoms with van der Waals surface area (Å²) in [7, 11) is -2.96. The molecule has 4 rings (SSSR count). The van der Waals surface area contributed by atoms with Gasteiger partial charge in [-0.1, -0.05) is 38.5 Å². The molecular weight excluding hydrogens is 547 g/mol. The minimum atomic E-state index is -4.57. The van der Waals surface area contributed by atoms with Gasteiger partial charge in [-0.05, 0) is 60.4 Å². The molecule has 2 aromatic carbocycles. The molecule has 11 heteroatoms. The summed E-state index contributed by atoms with van der Waals surface area (Å²) in [4.78, 5) is 28.6. The summed E-state index contributed by atoms with van der Waals surface area (Å²) in [5.41, 5.74) is -0.302. The number of aromatic hydroxyl groups is 1. The van der Waals surface area contributed by atoms with Gasteiger partial charge < -0.3 is 9.67 Å². The fraction of sp³-hybridized carbons (Fsp3) is 0.267. The number of aryl methyl sites for hydroxylation is 2. The maximum Gasteiger partial charge on any atom is 0.296 e. The largest absolute Gasteiger partial charge is 0.493 e. The van der Waals surface area contributed by atoms with Crippen molar-refractivity contribution in [1.82, 2.24) is 14.1 Å².